The van der Waals surface area contributed by atoms with Crippen LogP contribution < -0.4 is 5.32 Å². The zero-order chi connectivity index (χ0) is 12.1. The summed E-state index contributed by atoms with van der Waals surface area (Å²) in [5.74, 6) is 0.907. The average molecular weight is 253 g/mol. The predicted octanol–water partition coefficient (Wildman–Crippen LogP) is 2.85. The van der Waals surface area contributed by atoms with Gasteiger partial charge in [0.25, 0.3) is 0 Å². The Hall–Kier alpha value is -0.610. The van der Waals surface area contributed by atoms with Gasteiger partial charge in [-0.05, 0) is 51.7 Å². The first kappa shape index (κ1) is 12.8. The maximum Gasteiger partial charge on any atom is 0.182 e. The van der Waals surface area contributed by atoms with Gasteiger partial charge in [0.2, 0.25) is 0 Å². The van der Waals surface area contributed by atoms with Crippen LogP contribution in [0.25, 0.3) is 0 Å². The lowest BCUT2D eigenvalue weighted by molar-refractivity contribution is 0.215. The summed E-state index contributed by atoms with van der Waals surface area (Å²) in [6.07, 6.45) is 5.04. The van der Waals surface area contributed by atoms with Gasteiger partial charge in [-0.3, -0.25) is 0 Å². The van der Waals surface area contributed by atoms with Crippen molar-refractivity contribution >= 4 is 16.5 Å². The van der Waals surface area contributed by atoms with Crippen LogP contribution in [0.4, 0.5) is 5.13 Å². The summed E-state index contributed by atoms with van der Waals surface area (Å²) in [5.41, 5.74) is 1.21. The minimum absolute atomic E-state index is 0.907. The van der Waals surface area contributed by atoms with Gasteiger partial charge in [-0.2, -0.15) is 0 Å². The maximum absolute atomic E-state index is 4.52. The van der Waals surface area contributed by atoms with Crippen molar-refractivity contribution in [3.63, 3.8) is 0 Å². The molecule has 17 heavy (non-hydrogen) atoms. The Balaban J connectivity index is 1.65. The van der Waals surface area contributed by atoms with Crippen LogP contribution in [-0.4, -0.2) is 36.6 Å². The van der Waals surface area contributed by atoms with E-state index in [0.29, 0.717) is 0 Å². The Kier molecular flexibility index (Phi) is 4.80. The van der Waals surface area contributed by atoms with Crippen LogP contribution in [0.3, 0.4) is 0 Å². The van der Waals surface area contributed by atoms with Crippen molar-refractivity contribution < 1.29 is 0 Å². The number of anilines is 1. The molecule has 0 aromatic carbocycles. The zero-order valence-corrected chi connectivity index (χ0v) is 11.7. The van der Waals surface area contributed by atoms with Crippen LogP contribution in [0, 0.1) is 5.92 Å². The van der Waals surface area contributed by atoms with E-state index in [0.717, 1.165) is 24.0 Å². The van der Waals surface area contributed by atoms with Gasteiger partial charge in [-0.1, -0.05) is 6.92 Å². The summed E-state index contributed by atoms with van der Waals surface area (Å²) in [6.45, 7) is 5.76. The predicted molar refractivity (Wildman–Crippen MR) is 74.8 cm³/mol. The second kappa shape index (κ2) is 6.36. The molecule has 0 radical (unpaired) electrons. The fraction of sp³-hybridized carbons (Fsp3) is 0.769. The number of rotatable bonds is 5. The Morgan fingerprint density at radius 1 is 1.47 bits per heavy atom. The molecule has 1 fully saturated rings. The van der Waals surface area contributed by atoms with E-state index in [9.17, 15) is 0 Å². The van der Waals surface area contributed by atoms with Crippen molar-refractivity contribution in [3.8, 4) is 0 Å². The zero-order valence-electron chi connectivity index (χ0n) is 10.9. The highest BCUT2D eigenvalue weighted by molar-refractivity contribution is 7.13. The van der Waals surface area contributed by atoms with Gasteiger partial charge in [-0.25, -0.2) is 4.98 Å². The summed E-state index contributed by atoms with van der Waals surface area (Å²) in [7, 11) is 2.22. The third-order valence-electron chi connectivity index (χ3n) is 3.58. The molecule has 1 saturated heterocycles. The maximum atomic E-state index is 4.52. The fourth-order valence-electron chi connectivity index (χ4n) is 2.28. The first-order chi connectivity index (χ1) is 8.28. The molecule has 4 heteroatoms. The van der Waals surface area contributed by atoms with Crippen molar-refractivity contribution in [2.24, 2.45) is 5.92 Å². The molecular formula is C13H23N3S. The van der Waals surface area contributed by atoms with Crippen LogP contribution in [-0.2, 0) is 6.42 Å². The molecule has 0 aliphatic carbocycles. The lowest BCUT2D eigenvalue weighted by atomic mass is 9.94. The third kappa shape index (κ3) is 3.96. The Morgan fingerprint density at radius 3 is 2.88 bits per heavy atom. The Bertz CT molecular complexity index is 329. The van der Waals surface area contributed by atoms with Gasteiger partial charge in [-0.15, -0.1) is 11.3 Å². The average Bonchev–Trinajstić information content (AvgIpc) is 2.80. The van der Waals surface area contributed by atoms with E-state index in [1.807, 2.05) is 0 Å². The number of nitrogens with zero attached hydrogens (tertiary/aromatic N) is 2. The molecular weight excluding hydrogens is 230 g/mol. The molecule has 1 aliphatic rings. The van der Waals surface area contributed by atoms with Gasteiger partial charge in [0.15, 0.2) is 5.13 Å². The van der Waals surface area contributed by atoms with Gasteiger partial charge in [0.05, 0.1) is 5.69 Å². The van der Waals surface area contributed by atoms with E-state index in [4.69, 9.17) is 0 Å². The summed E-state index contributed by atoms with van der Waals surface area (Å²) >= 11 is 1.73. The van der Waals surface area contributed by atoms with Crippen molar-refractivity contribution in [2.75, 3.05) is 32.0 Å². The minimum Gasteiger partial charge on any atom is -0.362 e. The molecule has 2 rings (SSSR count). The molecule has 1 aromatic heterocycles. The summed E-state index contributed by atoms with van der Waals surface area (Å²) in [4.78, 5) is 6.95. The Labute approximate surface area is 108 Å². The van der Waals surface area contributed by atoms with E-state index in [2.05, 4.69) is 34.6 Å². The lowest BCUT2D eigenvalue weighted by Crippen LogP contribution is -2.30. The molecule has 1 aromatic rings. The molecule has 0 unspecified atom stereocenters. The smallest absolute Gasteiger partial charge is 0.182 e. The standard InChI is InChI=1S/C13H23N3S/c1-3-12-10-17-13(15-12)14-7-4-11-5-8-16(2)9-6-11/h10-11H,3-9H2,1-2H3,(H,14,15). The molecule has 2 heterocycles. The first-order valence-corrected chi connectivity index (χ1v) is 7.52. The number of hydrogen-bond donors (Lipinski definition) is 1. The molecule has 0 saturated carbocycles. The molecule has 0 spiro atoms. The van der Waals surface area contributed by atoms with Crippen LogP contribution in [0.2, 0.25) is 0 Å². The molecule has 96 valence electrons. The Morgan fingerprint density at radius 2 is 2.24 bits per heavy atom. The molecule has 0 atom stereocenters. The molecule has 1 N–H and O–H groups in total. The first-order valence-electron chi connectivity index (χ1n) is 6.64. The third-order valence-corrected chi connectivity index (χ3v) is 4.43. The second-order valence-corrected chi connectivity index (χ2v) is 5.82. The van der Waals surface area contributed by atoms with Gasteiger partial charge in [0, 0.05) is 11.9 Å². The quantitative estimate of drug-likeness (QED) is 0.874. The van der Waals surface area contributed by atoms with E-state index >= 15 is 0 Å². The highest BCUT2D eigenvalue weighted by Crippen LogP contribution is 2.20. The van der Waals surface area contributed by atoms with E-state index in [1.165, 1.54) is 38.0 Å². The SMILES string of the molecule is CCc1csc(NCCC2CCN(C)CC2)n1. The van der Waals surface area contributed by atoms with Crippen molar-refractivity contribution in [1.29, 1.82) is 0 Å². The van der Waals surface area contributed by atoms with Gasteiger partial charge >= 0.3 is 0 Å². The van der Waals surface area contributed by atoms with Crippen LogP contribution >= 0.6 is 11.3 Å². The number of nitrogens with one attached hydrogen (secondary N) is 1. The molecule has 0 bridgehead atoms. The number of aryl methyl sites for hydroxylation is 1. The van der Waals surface area contributed by atoms with E-state index in [1.54, 1.807) is 11.3 Å². The molecule has 0 amide bonds. The molecule has 3 nitrogen and oxygen atoms in total. The summed E-state index contributed by atoms with van der Waals surface area (Å²) < 4.78 is 0. The largest absolute Gasteiger partial charge is 0.362 e. The van der Waals surface area contributed by atoms with E-state index < -0.39 is 0 Å². The highest BCUT2D eigenvalue weighted by atomic mass is 32.1. The van der Waals surface area contributed by atoms with Crippen LogP contribution in [0.15, 0.2) is 5.38 Å². The number of likely N-dealkylation sites (tertiary alicyclic amines) is 1. The summed E-state index contributed by atoms with van der Waals surface area (Å²) in [6, 6.07) is 0. The van der Waals surface area contributed by atoms with Crippen LogP contribution in [0.5, 0.6) is 0 Å². The number of piperidine rings is 1. The van der Waals surface area contributed by atoms with Crippen molar-refractivity contribution in [3.05, 3.63) is 11.1 Å². The molecule has 1 aliphatic heterocycles. The van der Waals surface area contributed by atoms with E-state index in [-0.39, 0.29) is 0 Å². The minimum atomic E-state index is 0.907. The fourth-order valence-corrected chi connectivity index (χ4v) is 3.11. The monoisotopic (exact) mass is 253 g/mol. The number of hydrogen-bond acceptors (Lipinski definition) is 4. The van der Waals surface area contributed by atoms with Gasteiger partial charge < -0.3 is 10.2 Å². The number of aromatic nitrogens is 1. The van der Waals surface area contributed by atoms with Crippen molar-refractivity contribution in [1.82, 2.24) is 9.88 Å². The highest BCUT2D eigenvalue weighted by Gasteiger charge is 2.15. The normalized spacial score (nSPS) is 18.5. The second-order valence-electron chi connectivity index (χ2n) is 4.96. The van der Waals surface area contributed by atoms with Gasteiger partial charge in [0.1, 0.15) is 0 Å². The lowest BCUT2D eigenvalue weighted by Gasteiger charge is -2.28. The topological polar surface area (TPSA) is 28.2 Å². The number of thiazole rings is 1. The summed E-state index contributed by atoms with van der Waals surface area (Å²) in [5, 5.41) is 6.69. The van der Waals surface area contributed by atoms with Crippen molar-refractivity contribution in [2.45, 2.75) is 32.6 Å². The van der Waals surface area contributed by atoms with Crippen LogP contribution in [0.1, 0.15) is 31.9 Å².